The van der Waals surface area contributed by atoms with Crippen molar-refractivity contribution in [3.63, 3.8) is 0 Å². The number of amides is 1. The molecule has 2 atom stereocenters. The first kappa shape index (κ1) is 21.1. The number of β-lactam (4-membered cyclic amide) rings is 1. The minimum atomic E-state index is -0.963. The number of fused-ring (bicyclic) bond motifs is 6. The summed E-state index contributed by atoms with van der Waals surface area (Å²) >= 11 is 6.10. The second kappa shape index (κ2) is 7.64. The number of nitrogens with zero attached hydrogens (tertiary/aromatic N) is 3. The smallest absolute Gasteiger partial charge is 0.272 e. The van der Waals surface area contributed by atoms with Crippen molar-refractivity contribution in [2.45, 2.75) is 18.6 Å². The summed E-state index contributed by atoms with van der Waals surface area (Å²) in [5, 5.41) is 0.604. The minimum Gasteiger partial charge on any atom is -0.477 e. The second-order valence-electron chi connectivity index (χ2n) is 9.18. The van der Waals surface area contributed by atoms with Crippen LogP contribution in [0.1, 0.15) is 16.8 Å². The first-order valence-corrected chi connectivity index (χ1v) is 12.2. The molecular formula is C30H20ClN3O2. The molecule has 1 spiro atoms. The number of carbonyl (C=O) groups excluding carboxylic acids is 1. The molecule has 1 aliphatic heterocycles. The highest BCUT2D eigenvalue weighted by molar-refractivity contribution is 6.30. The number of aromatic nitrogens is 2. The Balaban J connectivity index is 1.51. The second-order valence-corrected chi connectivity index (χ2v) is 9.62. The van der Waals surface area contributed by atoms with Gasteiger partial charge in [0.15, 0.2) is 5.54 Å². The van der Waals surface area contributed by atoms with Crippen molar-refractivity contribution in [1.29, 1.82) is 0 Å². The predicted octanol–water partition coefficient (Wildman–Crippen LogP) is 6.31. The Hall–Kier alpha value is -4.22. The molecule has 0 unspecified atom stereocenters. The Morgan fingerprint density at radius 3 is 2.25 bits per heavy atom. The van der Waals surface area contributed by atoms with Gasteiger partial charge in [0.25, 0.3) is 5.91 Å². The molecular weight excluding hydrogens is 470 g/mol. The number of halogens is 1. The van der Waals surface area contributed by atoms with Gasteiger partial charge in [-0.05, 0) is 61.0 Å². The molecule has 2 aliphatic rings. The van der Waals surface area contributed by atoms with Crippen LogP contribution < -0.4 is 9.64 Å². The van der Waals surface area contributed by atoms with E-state index in [1.54, 1.807) is 24.3 Å². The van der Waals surface area contributed by atoms with Crippen molar-refractivity contribution >= 4 is 34.2 Å². The van der Waals surface area contributed by atoms with Crippen molar-refractivity contribution in [3.8, 4) is 17.0 Å². The third kappa shape index (κ3) is 2.80. The lowest BCUT2D eigenvalue weighted by Gasteiger charge is -2.54. The van der Waals surface area contributed by atoms with E-state index < -0.39 is 11.6 Å². The van der Waals surface area contributed by atoms with Gasteiger partial charge in [-0.15, -0.1) is 0 Å². The molecule has 5 aromatic rings. The predicted molar refractivity (Wildman–Crippen MR) is 140 cm³/mol. The normalized spacial score (nSPS) is 19.8. The molecule has 1 fully saturated rings. The number of rotatable bonds is 3. The van der Waals surface area contributed by atoms with Crippen molar-refractivity contribution in [3.05, 3.63) is 119 Å². The largest absolute Gasteiger partial charge is 0.477 e. The molecule has 0 bridgehead atoms. The van der Waals surface area contributed by atoms with Crippen LogP contribution in [0, 0.1) is 6.92 Å². The number of hydrogen-bond donors (Lipinski definition) is 0. The molecule has 36 heavy (non-hydrogen) atoms. The van der Waals surface area contributed by atoms with E-state index in [0.717, 1.165) is 44.8 Å². The molecule has 7 rings (SSSR count). The zero-order valence-electron chi connectivity index (χ0n) is 19.4. The first-order valence-electron chi connectivity index (χ1n) is 11.8. The Labute approximate surface area is 213 Å². The molecule has 1 aromatic heterocycles. The van der Waals surface area contributed by atoms with Gasteiger partial charge in [0.2, 0.25) is 6.10 Å². The first-order chi connectivity index (χ1) is 17.6. The van der Waals surface area contributed by atoms with Crippen LogP contribution in [-0.2, 0) is 10.3 Å². The van der Waals surface area contributed by atoms with E-state index in [0.29, 0.717) is 10.8 Å². The highest BCUT2D eigenvalue weighted by Crippen LogP contribution is 2.58. The monoisotopic (exact) mass is 489 g/mol. The molecule has 5 nitrogen and oxygen atoms in total. The Bertz CT molecular complexity index is 1670. The van der Waals surface area contributed by atoms with Crippen LogP contribution in [0.15, 0.2) is 97.1 Å². The highest BCUT2D eigenvalue weighted by Gasteiger charge is 2.69. The third-order valence-electron chi connectivity index (χ3n) is 7.06. The van der Waals surface area contributed by atoms with E-state index >= 15 is 0 Å². The number of aryl methyl sites for hydroxylation is 1. The quantitative estimate of drug-likeness (QED) is 0.279. The maximum absolute atomic E-state index is 13.9. The molecule has 6 heteroatoms. The van der Waals surface area contributed by atoms with Crippen molar-refractivity contribution in [2.75, 3.05) is 4.90 Å². The lowest BCUT2D eigenvalue weighted by atomic mass is 9.74. The lowest BCUT2D eigenvalue weighted by Crippen LogP contribution is -2.74. The Morgan fingerprint density at radius 2 is 1.50 bits per heavy atom. The molecule has 2 heterocycles. The zero-order valence-corrected chi connectivity index (χ0v) is 20.1. The van der Waals surface area contributed by atoms with Crippen molar-refractivity contribution < 1.29 is 9.53 Å². The van der Waals surface area contributed by atoms with Crippen LogP contribution in [0.5, 0.6) is 5.75 Å². The fraction of sp³-hybridized carbons (Fsp3) is 0.100. The fourth-order valence-corrected chi connectivity index (χ4v) is 5.55. The molecule has 1 amide bonds. The van der Waals surface area contributed by atoms with Gasteiger partial charge < -0.3 is 4.74 Å². The molecule has 0 N–H and O–H groups in total. The van der Waals surface area contributed by atoms with E-state index in [4.69, 9.17) is 26.3 Å². The van der Waals surface area contributed by atoms with Gasteiger partial charge in [0.1, 0.15) is 11.4 Å². The van der Waals surface area contributed by atoms with Crippen LogP contribution in [0.3, 0.4) is 0 Å². The highest BCUT2D eigenvalue weighted by atomic mass is 35.5. The van der Waals surface area contributed by atoms with Crippen LogP contribution >= 0.6 is 11.6 Å². The van der Waals surface area contributed by atoms with Gasteiger partial charge in [-0.1, -0.05) is 65.7 Å². The lowest BCUT2D eigenvalue weighted by molar-refractivity contribution is -0.139. The maximum Gasteiger partial charge on any atom is 0.272 e. The molecule has 0 saturated carbocycles. The van der Waals surface area contributed by atoms with E-state index in [9.17, 15) is 4.79 Å². The van der Waals surface area contributed by atoms with Gasteiger partial charge in [0.05, 0.1) is 16.7 Å². The number of carbonyl (C=O) groups is 1. The van der Waals surface area contributed by atoms with Gasteiger partial charge in [-0.25, -0.2) is 9.97 Å². The number of para-hydroxylation sites is 2. The van der Waals surface area contributed by atoms with E-state index in [-0.39, 0.29) is 5.91 Å². The van der Waals surface area contributed by atoms with E-state index in [1.807, 2.05) is 78.6 Å². The average molecular weight is 490 g/mol. The fourth-order valence-electron chi connectivity index (χ4n) is 5.43. The summed E-state index contributed by atoms with van der Waals surface area (Å²) in [4.78, 5) is 25.9. The van der Waals surface area contributed by atoms with Crippen LogP contribution in [-0.4, -0.2) is 22.0 Å². The number of anilines is 1. The van der Waals surface area contributed by atoms with Crippen molar-refractivity contribution in [2.24, 2.45) is 0 Å². The van der Waals surface area contributed by atoms with Gasteiger partial charge >= 0.3 is 0 Å². The molecule has 174 valence electrons. The van der Waals surface area contributed by atoms with Gasteiger partial charge in [0, 0.05) is 16.3 Å². The number of benzene rings is 4. The molecule has 1 saturated heterocycles. The summed E-state index contributed by atoms with van der Waals surface area (Å²) in [6, 6.07) is 30.9. The summed E-state index contributed by atoms with van der Waals surface area (Å²) in [5.74, 6) is 0.437. The van der Waals surface area contributed by atoms with Gasteiger partial charge in [-0.3, -0.25) is 9.69 Å². The average Bonchev–Trinajstić information content (AvgIpc) is 3.19. The van der Waals surface area contributed by atoms with Crippen LogP contribution in [0.4, 0.5) is 5.69 Å². The summed E-state index contributed by atoms with van der Waals surface area (Å²) in [5.41, 5.74) is 5.94. The van der Waals surface area contributed by atoms with E-state index in [2.05, 4.69) is 6.07 Å². The molecule has 0 radical (unpaired) electrons. The standard InChI is InChI=1S/C30H20ClN3O2/c1-18-10-14-20(15-11-18)34-29(35)28(36-21-16-12-19(31)13-17-21)30(34)23-7-3-2-6-22(23)26-27(30)33-25-9-5-4-8-24(25)32-26/h2-17,28H,1H3/t28-,30-/m1/s1. The van der Waals surface area contributed by atoms with E-state index in [1.165, 1.54) is 0 Å². The zero-order chi connectivity index (χ0) is 24.4. The molecule has 1 aliphatic carbocycles. The minimum absolute atomic E-state index is 0.133. The van der Waals surface area contributed by atoms with Gasteiger partial charge in [-0.2, -0.15) is 0 Å². The number of ether oxygens (including phenoxy) is 1. The third-order valence-corrected chi connectivity index (χ3v) is 7.31. The SMILES string of the molecule is Cc1ccc(N2C(=O)[C@@H](Oc3ccc(Cl)cc3)[C@]23c2ccccc2-c2nc4ccccc4nc23)cc1. The maximum atomic E-state index is 13.9. The number of hydrogen-bond acceptors (Lipinski definition) is 4. The Morgan fingerprint density at radius 1 is 0.833 bits per heavy atom. The summed E-state index contributed by atoms with van der Waals surface area (Å²) in [6.45, 7) is 2.03. The summed E-state index contributed by atoms with van der Waals surface area (Å²) in [6.07, 6.45) is -0.821. The van der Waals surface area contributed by atoms with Crippen LogP contribution in [0.2, 0.25) is 5.02 Å². The van der Waals surface area contributed by atoms with Crippen molar-refractivity contribution in [1.82, 2.24) is 9.97 Å². The molecule has 4 aromatic carbocycles. The topological polar surface area (TPSA) is 55.3 Å². The Kier molecular flexibility index (Phi) is 4.48. The van der Waals surface area contributed by atoms with Crippen LogP contribution in [0.25, 0.3) is 22.3 Å². The summed E-state index contributed by atoms with van der Waals surface area (Å²) in [7, 11) is 0. The summed E-state index contributed by atoms with van der Waals surface area (Å²) < 4.78 is 6.44.